The molecule has 0 N–H and O–H groups in total. The molecule has 2 aromatic heterocycles. The highest BCUT2D eigenvalue weighted by atomic mass is 16.2. The molecule has 0 atom stereocenters. The highest BCUT2D eigenvalue weighted by molar-refractivity contribution is 6.00. The number of nitrogens with zero attached hydrogens (tertiary/aromatic N) is 2. The number of carbonyl (C=O) groups excluding carboxylic acids is 1. The smallest absolute Gasteiger partial charge is 0.271 e. The molecular weight excluding hydrogens is 260 g/mol. The molecule has 3 rings (SSSR count). The maximum Gasteiger partial charge on any atom is 0.271 e. The second-order valence-corrected chi connectivity index (χ2v) is 6.41. The van der Waals surface area contributed by atoms with Crippen LogP contribution in [0.15, 0.2) is 48.7 Å². The van der Waals surface area contributed by atoms with Crippen molar-refractivity contribution in [2.75, 3.05) is 7.05 Å². The third-order valence-electron chi connectivity index (χ3n) is 4.09. The summed E-state index contributed by atoms with van der Waals surface area (Å²) in [6.07, 6.45) is 1.97. The van der Waals surface area contributed by atoms with Gasteiger partial charge in [-0.05, 0) is 44.4 Å². The summed E-state index contributed by atoms with van der Waals surface area (Å²) in [4.78, 5) is 14.5. The van der Waals surface area contributed by atoms with Crippen LogP contribution in [-0.4, -0.2) is 27.8 Å². The van der Waals surface area contributed by atoms with Crippen molar-refractivity contribution in [2.24, 2.45) is 0 Å². The van der Waals surface area contributed by atoms with Crippen LogP contribution >= 0.6 is 0 Å². The zero-order chi connectivity index (χ0) is 15.2. The predicted octanol–water partition coefficient (Wildman–Crippen LogP) is 3.96. The van der Waals surface area contributed by atoms with Crippen molar-refractivity contribution < 1.29 is 4.79 Å². The van der Waals surface area contributed by atoms with Crippen LogP contribution in [0.3, 0.4) is 0 Å². The van der Waals surface area contributed by atoms with E-state index in [0.29, 0.717) is 5.69 Å². The summed E-state index contributed by atoms with van der Waals surface area (Å²) in [6.45, 7) is 6.11. The van der Waals surface area contributed by atoms with Gasteiger partial charge in [-0.2, -0.15) is 0 Å². The van der Waals surface area contributed by atoms with Crippen LogP contribution in [0.2, 0.25) is 0 Å². The van der Waals surface area contributed by atoms with Gasteiger partial charge in [-0.25, -0.2) is 0 Å². The van der Waals surface area contributed by atoms with E-state index in [1.165, 1.54) is 5.39 Å². The third kappa shape index (κ3) is 2.19. The Morgan fingerprint density at radius 2 is 1.76 bits per heavy atom. The first kappa shape index (κ1) is 13.7. The first-order chi connectivity index (χ1) is 9.89. The summed E-state index contributed by atoms with van der Waals surface area (Å²) < 4.78 is 1.98. The van der Waals surface area contributed by atoms with Crippen LogP contribution in [0, 0.1) is 0 Å². The molecule has 21 heavy (non-hydrogen) atoms. The van der Waals surface area contributed by atoms with E-state index >= 15 is 0 Å². The predicted molar refractivity (Wildman–Crippen MR) is 86.7 cm³/mol. The molecule has 0 aliphatic carbocycles. The van der Waals surface area contributed by atoms with Crippen molar-refractivity contribution in [1.82, 2.24) is 9.30 Å². The lowest BCUT2D eigenvalue weighted by Crippen LogP contribution is -2.42. The maximum absolute atomic E-state index is 12.7. The molecule has 3 aromatic rings. The van der Waals surface area contributed by atoms with Gasteiger partial charge in [0.1, 0.15) is 5.69 Å². The Kier molecular flexibility index (Phi) is 3.01. The van der Waals surface area contributed by atoms with Crippen LogP contribution in [0.25, 0.3) is 16.3 Å². The first-order valence-corrected chi connectivity index (χ1v) is 7.16. The molecule has 0 radical (unpaired) electrons. The van der Waals surface area contributed by atoms with E-state index in [9.17, 15) is 4.79 Å². The number of fused-ring (bicyclic) bond motifs is 3. The van der Waals surface area contributed by atoms with E-state index in [1.807, 2.05) is 62.7 Å². The Morgan fingerprint density at radius 3 is 2.48 bits per heavy atom. The minimum Gasteiger partial charge on any atom is -0.336 e. The molecule has 0 aliphatic rings. The lowest BCUT2D eigenvalue weighted by atomic mass is 10.1. The third-order valence-corrected chi connectivity index (χ3v) is 4.09. The van der Waals surface area contributed by atoms with Gasteiger partial charge in [0.2, 0.25) is 0 Å². The molecule has 1 amide bonds. The zero-order valence-corrected chi connectivity index (χ0v) is 12.9. The number of rotatable bonds is 1. The molecular formula is C18H20N2O. The molecule has 0 saturated heterocycles. The number of hydrogen-bond donors (Lipinski definition) is 0. The summed E-state index contributed by atoms with van der Waals surface area (Å²) in [5, 5.41) is 2.35. The Morgan fingerprint density at radius 1 is 1.05 bits per heavy atom. The number of aromatic nitrogens is 1. The highest BCUT2D eigenvalue weighted by Gasteiger charge is 2.25. The lowest BCUT2D eigenvalue weighted by Gasteiger charge is -2.31. The Hall–Kier alpha value is -2.29. The Balaban J connectivity index is 2.17. The summed E-state index contributed by atoms with van der Waals surface area (Å²) >= 11 is 0. The average Bonchev–Trinajstić information content (AvgIpc) is 2.89. The standard InChI is InChI=1S/C18H20N2O/c1-18(2,3)19(4)17(21)16-10-9-15-14-8-6-5-7-13(14)11-12-20(15)16/h5-12H,1-4H3. The second kappa shape index (κ2) is 4.62. The van der Waals surface area contributed by atoms with Crippen LogP contribution in [0.4, 0.5) is 0 Å². The molecule has 3 nitrogen and oxygen atoms in total. The maximum atomic E-state index is 12.7. The quantitative estimate of drug-likeness (QED) is 0.662. The van der Waals surface area contributed by atoms with E-state index in [2.05, 4.69) is 18.2 Å². The van der Waals surface area contributed by atoms with Gasteiger partial charge in [-0.15, -0.1) is 0 Å². The number of hydrogen-bond acceptors (Lipinski definition) is 1. The van der Waals surface area contributed by atoms with Crippen molar-refractivity contribution in [3.05, 3.63) is 54.4 Å². The molecule has 0 unspecified atom stereocenters. The molecule has 0 saturated carbocycles. The van der Waals surface area contributed by atoms with Gasteiger partial charge in [0.05, 0.1) is 5.52 Å². The molecule has 0 fully saturated rings. The molecule has 2 heterocycles. The van der Waals surface area contributed by atoms with Crippen molar-refractivity contribution >= 4 is 22.2 Å². The number of amides is 1. The van der Waals surface area contributed by atoms with Gasteiger partial charge in [0, 0.05) is 24.2 Å². The molecule has 108 valence electrons. The van der Waals surface area contributed by atoms with E-state index in [1.54, 1.807) is 4.90 Å². The number of carbonyl (C=O) groups is 1. The SMILES string of the molecule is CN(C(=O)c1ccc2c3ccccc3ccn12)C(C)(C)C. The van der Waals surface area contributed by atoms with Gasteiger partial charge >= 0.3 is 0 Å². The molecule has 0 spiro atoms. The van der Waals surface area contributed by atoms with E-state index in [-0.39, 0.29) is 11.4 Å². The van der Waals surface area contributed by atoms with Crippen LogP contribution < -0.4 is 0 Å². The number of pyridine rings is 1. The first-order valence-electron chi connectivity index (χ1n) is 7.16. The molecule has 3 heteroatoms. The van der Waals surface area contributed by atoms with Crippen molar-refractivity contribution in [2.45, 2.75) is 26.3 Å². The molecule has 1 aromatic carbocycles. The van der Waals surface area contributed by atoms with E-state index < -0.39 is 0 Å². The topological polar surface area (TPSA) is 24.7 Å². The Bertz CT molecular complexity index is 824. The fourth-order valence-corrected chi connectivity index (χ4v) is 2.51. The average molecular weight is 280 g/mol. The molecule has 0 bridgehead atoms. The zero-order valence-electron chi connectivity index (χ0n) is 12.9. The fourth-order valence-electron chi connectivity index (χ4n) is 2.51. The summed E-state index contributed by atoms with van der Waals surface area (Å²) in [5.41, 5.74) is 1.57. The van der Waals surface area contributed by atoms with Gasteiger partial charge in [0.15, 0.2) is 0 Å². The molecule has 0 aliphatic heterocycles. The van der Waals surface area contributed by atoms with Gasteiger partial charge in [-0.3, -0.25) is 4.79 Å². The lowest BCUT2D eigenvalue weighted by molar-refractivity contribution is 0.0649. The highest BCUT2D eigenvalue weighted by Crippen LogP contribution is 2.23. The summed E-state index contributed by atoms with van der Waals surface area (Å²) in [5.74, 6) is 0.0396. The van der Waals surface area contributed by atoms with Gasteiger partial charge in [0.25, 0.3) is 5.91 Å². The van der Waals surface area contributed by atoms with Crippen LogP contribution in [-0.2, 0) is 0 Å². The summed E-state index contributed by atoms with van der Waals surface area (Å²) in [6, 6.07) is 14.2. The van der Waals surface area contributed by atoms with E-state index in [0.717, 1.165) is 10.9 Å². The monoisotopic (exact) mass is 280 g/mol. The minimum atomic E-state index is -0.196. The largest absolute Gasteiger partial charge is 0.336 e. The fraction of sp³-hybridized carbons (Fsp3) is 0.278. The van der Waals surface area contributed by atoms with E-state index in [4.69, 9.17) is 0 Å². The van der Waals surface area contributed by atoms with Gasteiger partial charge < -0.3 is 9.30 Å². The number of benzene rings is 1. The van der Waals surface area contributed by atoms with Crippen LogP contribution in [0.5, 0.6) is 0 Å². The minimum absolute atomic E-state index is 0.0396. The van der Waals surface area contributed by atoms with Crippen LogP contribution in [0.1, 0.15) is 31.3 Å². The van der Waals surface area contributed by atoms with Crippen molar-refractivity contribution in [3.63, 3.8) is 0 Å². The van der Waals surface area contributed by atoms with Gasteiger partial charge in [-0.1, -0.05) is 24.3 Å². The van der Waals surface area contributed by atoms with Crippen molar-refractivity contribution in [1.29, 1.82) is 0 Å². The summed E-state index contributed by atoms with van der Waals surface area (Å²) in [7, 11) is 1.85. The second-order valence-electron chi connectivity index (χ2n) is 6.41. The van der Waals surface area contributed by atoms with Crippen molar-refractivity contribution in [3.8, 4) is 0 Å². The normalized spacial score (nSPS) is 12.0. The Labute approximate surface area is 124 Å².